The van der Waals surface area contributed by atoms with Gasteiger partial charge in [-0.05, 0) is 30.7 Å². The summed E-state index contributed by atoms with van der Waals surface area (Å²) in [6.07, 6.45) is 2.01. The number of hydrogen-bond donors (Lipinski definition) is 2. The molecule has 0 unspecified atom stereocenters. The van der Waals surface area contributed by atoms with Gasteiger partial charge in [0, 0.05) is 16.8 Å². The molecule has 2 N–H and O–H groups in total. The molecule has 0 aliphatic carbocycles. The first-order chi connectivity index (χ1) is 15.4. The van der Waals surface area contributed by atoms with Crippen LogP contribution < -0.4 is 19.5 Å². The average Bonchev–Trinajstić information content (AvgIpc) is 2.77. The predicted molar refractivity (Wildman–Crippen MR) is 130 cm³/mol. The lowest BCUT2D eigenvalue weighted by atomic mass is 10.1. The predicted octanol–water partition coefficient (Wildman–Crippen LogP) is 5.30. The summed E-state index contributed by atoms with van der Waals surface area (Å²) in [5.41, 5.74) is 3.61. The maximum atomic E-state index is 11.6. The molecule has 0 saturated carbocycles. The minimum atomic E-state index is -3.39. The summed E-state index contributed by atoms with van der Waals surface area (Å²) in [4.78, 5) is 4.86. The molecule has 166 valence electrons. The van der Waals surface area contributed by atoms with Crippen molar-refractivity contribution in [2.75, 3.05) is 30.0 Å². The normalized spacial score (nSPS) is 11.5. The van der Waals surface area contributed by atoms with E-state index in [1.807, 2.05) is 42.5 Å². The van der Waals surface area contributed by atoms with Crippen LogP contribution in [0.15, 0.2) is 60.7 Å². The lowest BCUT2D eigenvalue weighted by Gasteiger charge is -2.17. The number of rotatable bonds is 8. The molecule has 3 aromatic carbocycles. The second kappa shape index (κ2) is 8.92. The number of fused-ring (bicyclic) bond motifs is 2. The van der Waals surface area contributed by atoms with E-state index in [0.29, 0.717) is 23.7 Å². The second-order valence-electron chi connectivity index (χ2n) is 7.42. The zero-order valence-corrected chi connectivity index (χ0v) is 19.0. The van der Waals surface area contributed by atoms with Crippen LogP contribution in [-0.2, 0) is 10.0 Å². The van der Waals surface area contributed by atoms with Crippen LogP contribution in [0.25, 0.3) is 21.8 Å². The Labute approximate surface area is 187 Å². The Hall–Kier alpha value is -3.52. The lowest BCUT2D eigenvalue weighted by Crippen LogP contribution is -2.09. The van der Waals surface area contributed by atoms with Gasteiger partial charge in [-0.15, -0.1) is 0 Å². The number of ether oxygens (including phenoxy) is 2. The third-order valence-corrected chi connectivity index (χ3v) is 5.51. The molecule has 32 heavy (non-hydrogen) atoms. The highest BCUT2D eigenvalue weighted by atomic mass is 32.2. The van der Waals surface area contributed by atoms with Crippen LogP contribution in [0.2, 0.25) is 0 Å². The molecule has 0 atom stereocenters. The molecule has 7 nitrogen and oxygen atoms in total. The molecule has 0 spiro atoms. The number of benzene rings is 3. The first kappa shape index (κ1) is 21.7. The van der Waals surface area contributed by atoms with E-state index in [2.05, 4.69) is 17.0 Å². The van der Waals surface area contributed by atoms with Crippen molar-refractivity contribution in [2.24, 2.45) is 0 Å². The Bertz CT molecular complexity index is 1390. The summed E-state index contributed by atoms with van der Waals surface area (Å²) in [7, 11) is -1.85. The molecule has 8 heteroatoms. The number of sulfonamides is 1. The van der Waals surface area contributed by atoms with Crippen molar-refractivity contribution in [3.63, 3.8) is 0 Å². The molecule has 0 radical (unpaired) electrons. The Morgan fingerprint density at radius 2 is 1.75 bits per heavy atom. The molecule has 0 bridgehead atoms. The summed E-state index contributed by atoms with van der Waals surface area (Å²) in [6, 6.07) is 18.9. The maximum Gasteiger partial charge on any atom is 0.229 e. The summed E-state index contributed by atoms with van der Waals surface area (Å²) in [5, 5.41) is 5.35. The van der Waals surface area contributed by atoms with Crippen LogP contribution in [0, 0.1) is 0 Å². The van der Waals surface area contributed by atoms with E-state index in [1.54, 1.807) is 25.3 Å². The quantitative estimate of drug-likeness (QED) is 0.353. The van der Waals surface area contributed by atoms with Crippen LogP contribution in [0.5, 0.6) is 11.5 Å². The van der Waals surface area contributed by atoms with E-state index in [4.69, 9.17) is 14.5 Å². The Balaban J connectivity index is 1.86. The third kappa shape index (κ3) is 4.55. The van der Waals surface area contributed by atoms with Gasteiger partial charge in [-0.2, -0.15) is 0 Å². The van der Waals surface area contributed by atoms with Crippen molar-refractivity contribution in [1.82, 2.24) is 4.98 Å². The highest BCUT2D eigenvalue weighted by Gasteiger charge is 2.15. The third-order valence-electron chi connectivity index (χ3n) is 4.90. The molecule has 0 aliphatic heterocycles. The summed E-state index contributed by atoms with van der Waals surface area (Å²) in [6.45, 7) is 2.68. The molecule has 1 aromatic heterocycles. The number of hydrogen-bond acceptors (Lipinski definition) is 6. The van der Waals surface area contributed by atoms with Crippen molar-refractivity contribution >= 4 is 48.9 Å². The Morgan fingerprint density at radius 3 is 2.50 bits per heavy atom. The van der Waals surface area contributed by atoms with Crippen LogP contribution in [0.4, 0.5) is 17.1 Å². The van der Waals surface area contributed by atoms with Gasteiger partial charge in [0.05, 0.1) is 42.6 Å². The minimum Gasteiger partial charge on any atom is -0.494 e. The monoisotopic (exact) mass is 451 g/mol. The highest BCUT2D eigenvalue weighted by molar-refractivity contribution is 7.92. The zero-order chi connectivity index (χ0) is 22.7. The molecule has 0 fully saturated rings. The van der Waals surface area contributed by atoms with E-state index < -0.39 is 10.0 Å². The number of anilines is 3. The summed E-state index contributed by atoms with van der Waals surface area (Å²) >= 11 is 0. The topological polar surface area (TPSA) is 89.6 Å². The number of para-hydroxylation sites is 2. The Kier molecular flexibility index (Phi) is 6.05. The SMILES string of the molecule is CCCOc1cccc2c(Nc3ccc(NS(C)(=O)=O)cc3OC)c3ccccc3nc12. The van der Waals surface area contributed by atoms with Gasteiger partial charge in [-0.1, -0.05) is 37.3 Å². The molecular weight excluding hydrogens is 426 g/mol. The second-order valence-corrected chi connectivity index (χ2v) is 9.17. The van der Waals surface area contributed by atoms with Gasteiger partial charge in [0.1, 0.15) is 17.0 Å². The molecule has 4 rings (SSSR count). The van der Waals surface area contributed by atoms with Crippen LogP contribution in [0.3, 0.4) is 0 Å². The fraction of sp³-hybridized carbons (Fsp3) is 0.208. The van der Waals surface area contributed by atoms with Gasteiger partial charge >= 0.3 is 0 Å². The first-order valence-corrected chi connectivity index (χ1v) is 12.2. The van der Waals surface area contributed by atoms with E-state index in [1.165, 1.54) is 0 Å². The van der Waals surface area contributed by atoms with Crippen molar-refractivity contribution < 1.29 is 17.9 Å². The van der Waals surface area contributed by atoms with Gasteiger partial charge in [-0.25, -0.2) is 13.4 Å². The molecular formula is C24H25N3O4S. The lowest BCUT2D eigenvalue weighted by molar-refractivity contribution is 0.320. The van der Waals surface area contributed by atoms with E-state index in [-0.39, 0.29) is 0 Å². The van der Waals surface area contributed by atoms with Gasteiger partial charge in [0.15, 0.2) is 0 Å². The van der Waals surface area contributed by atoms with Crippen LogP contribution >= 0.6 is 0 Å². The van der Waals surface area contributed by atoms with Gasteiger partial charge in [0.25, 0.3) is 0 Å². The minimum absolute atomic E-state index is 0.426. The van der Waals surface area contributed by atoms with Crippen molar-refractivity contribution in [2.45, 2.75) is 13.3 Å². The fourth-order valence-electron chi connectivity index (χ4n) is 3.56. The number of nitrogens with one attached hydrogen (secondary N) is 2. The van der Waals surface area contributed by atoms with Crippen LogP contribution in [-0.4, -0.2) is 33.4 Å². The van der Waals surface area contributed by atoms with Crippen molar-refractivity contribution in [3.05, 3.63) is 60.7 Å². The molecule has 0 aliphatic rings. The van der Waals surface area contributed by atoms with E-state index in [9.17, 15) is 8.42 Å². The standard InChI is InChI=1S/C24H25N3O4S/c1-4-14-31-21-11-7-9-18-23(17-8-5-6-10-19(17)25-24(18)21)26-20-13-12-16(15-22(20)30-2)27-32(3,28)29/h5-13,15,27H,4,14H2,1-3H3,(H,25,26). The molecule has 0 amide bonds. The van der Waals surface area contributed by atoms with Crippen LogP contribution in [0.1, 0.15) is 13.3 Å². The van der Waals surface area contributed by atoms with Crippen molar-refractivity contribution in [1.29, 1.82) is 0 Å². The molecule has 4 aromatic rings. The van der Waals surface area contributed by atoms with Gasteiger partial charge < -0.3 is 14.8 Å². The number of nitrogens with zero attached hydrogens (tertiary/aromatic N) is 1. The van der Waals surface area contributed by atoms with Gasteiger partial charge in [-0.3, -0.25) is 4.72 Å². The van der Waals surface area contributed by atoms with Gasteiger partial charge in [0.2, 0.25) is 10.0 Å². The fourth-order valence-corrected chi connectivity index (χ4v) is 4.11. The number of methoxy groups -OCH3 is 1. The Morgan fingerprint density at radius 1 is 0.969 bits per heavy atom. The average molecular weight is 452 g/mol. The highest BCUT2D eigenvalue weighted by Crippen LogP contribution is 2.39. The molecule has 1 heterocycles. The number of pyridine rings is 1. The first-order valence-electron chi connectivity index (χ1n) is 10.3. The summed E-state index contributed by atoms with van der Waals surface area (Å²) in [5.74, 6) is 1.24. The maximum absolute atomic E-state index is 11.6. The largest absolute Gasteiger partial charge is 0.494 e. The van der Waals surface area contributed by atoms with Crippen molar-refractivity contribution in [3.8, 4) is 11.5 Å². The van der Waals surface area contributed by atoms with E-state index >= 15 is 0 Å². The van der Waals surface area contributed by atoms with E-state index in [0.717, 1.165) is 45.9 Å². The molecule has 0 saturated heterocycles. The number of aromatic nitrogens is 1. The zero-order valence-electron chi connectivity index (χ0n) is 18.2. The smallest absolute Gasteiger partial charge is 0.229 e. The summed E-state index contributed by atoms with van der Waals surface area (Å²) < 4.78 is 37.1.